The van der Waals surface area contributed by atoms with Crippen molar-refractivity contribution in [1.82, 2.24) is 9.55 Å². The molecule has 0 aliphatic carbocycles. The number of carbonyl (C=O) groups excluding carboxylic acids is 1. The summed E-state index contributed by atoms with van der Waals surface area (Å²) < 4.78 is 13.0. The van der Waals surface area contributed by atoms with E-state index in [2.05, 4.69) is 19.4 Å². The van der Waals surface area contributed by atoms with Gasteiger partial charge in [0.15, 0.2) is 4.80 Å². The topological polar surface area (TPSA) is 95.0 Å². The molecule has 9 heteroatoms. The van der Waals surface area contributed by atoms with Gasteiger partial charge in [-0.25, -0.2) is 0 Å². The quantitative estimate of drug-likeness (QED) is 0.547. The smallest absolute Gasteiger partial charge is 0.298 e. The zero-order chi connectivity index (χ0) is 23.0. The molecule has 2 N–H and O–H groups in total. The molecule has 174 valence electrons. The van der Waals surface area contributed by atoms with Crippen LogP contribution in [0.2, 0.25) is 0 Å². The van der Waals surface area contributed by atoms with Gasteiger partial charge >= 0.3 is 0 Å². The first-order valence-electron chi connectivity index (χ1n) is 11.2. The van der Waals surface area contributed by atoms with Crippen molar-refractivity contribution < 1.29 is 14.3 Å². The Morgan fingerprint density at radius 3 is 2.76 bits per heavy atom. The number of hydrogen-bond acceptors (Lipinski definition) is 7. The highest BCUT2D eigenvalue weighted by atomic mass is 32.1. The molecule has 3 aromatic rings. The lowest BCUT2D eigenvalue weighted by Gasteiger charge is -2.28. The van der Waals surface area contributed by atoms with Crippen molar-refractivity contribution in [2.45, 2.75) is 19.9 Å². The minimum absolute atomic E-state index is 0.334. The Balaban J connectivity index is 1.63. The second kappa shape index (κ2) is 11.2. The second-order valence-corrected chi connectivity index (χ2v) is 8.41. The average molecular weight is 468 g/mol. The number of carbonyl (C=O) groups is 1. The third kappa shape index (κ3) is 5.68. The van der Waals surface area contributed by atoms with Crippen LogP contribution in [0, 0.1) is 0 Å². The number of aromatic nitrogens is 2. The molecule has 0 unspecified atom stereocenters. The standard InChI is InChI=1S/C24H29N5O3S/c1-2-32-20-6-4-18(5-7-20)22-17-33-24(29(22)11-3-9-25)27-23(30)21-16-19(8-10-26-21)28-12-14-31-15-13-28/h4-8,10,16-17H,2-3,9,11-15,25H2,1H3. The number of amides is 1. The fourth-order valence-electron chi connectivity index (χ4n) is 3.70. The minimum atomic E-state index is -0.355. The Labute approximate surface area is 197 Å². The largest absolute Gasteiger partial charge is 0.494 e. The van der Waals surface area contributed by atoms with Gasteiger partial charge in [-0.3, -0.25) is 9.78 Å². The van der Waals surface area contributed by atoms with Gasteiger partial charge in [0, 0.05) is 36.9 Å². The highest BCUT2D eigenvalue weighted by Gasteiger charge is 2.15. The van der Waals surface area contributed by atoms with E-state index in [-0.39, 0.29) is 5.91 Å². The highest BCUT2D eigenvalue weighted by molar-refractivity contribution is 7.07. The summed E-state index contributed by atoms with van der Waals surface area (Å²) in [5, 5.41) is 2.02. The first kappa shape index (κ1) is 23.2. The normalized spacial score (nSPS) is 14.5. The highest BCUT2D eigenvalue weighted by Crippen LogP contribution is 2.24. The predicted octanol–water partition coefficient (Wildman–Crippen LogP) is 2.94. The molecular formula is C24H29N5O3S. The molecule has 1 aliphatic rings. The van der Waals surface area contributed by atoms with Gasteiger partial charge in [0.05, 0.1) is 25.5 Å². The fraction of sp³-hybridized carbons (Fsp3) is 0.375. The van der Waals surface area contributed by atoms with Gasteiger partial charge in [-0.05, 0) is 61.9 Å². The summed E-state index contributed by atoms with van der Waals surface area (Å²) in [4.78, 5) is 24.6. The van der Waals surface area contributed by atoms with Crippen LogP contribution in [-0.2, 0) is 11.3 Å². The van der Waals surface area contributed by atoms with Crippen LogP contribution in [0.1, 0.15) is 23.8 Å². The van der Waals surface area contributed by atoms with Crippen molar-refractivity contribution in [2.24, 2.45) is 10.7 Å². The number of ether oxygens (including phenoxy) is 2. The fourth-order valence-corrected chi connectivity index (χ4v) is 4.64. The van der Waals surface area contributed by atoms with Crippen molar-refractivity contribution in [3.63, 3.8) is 0 Å². The Bertz CT molecular complexity index is 1130. The maximum Gasteiger partial charge on any atom is 0.298 e. The van der Waals surface area contributed by atoms with E-state index in [9.17, 15) is 4.79 Å². The Morgan fingerprint density at radius 2 is 2.03 bits per heavy atom. The molecule has 1 amide bonds. The van der Waals surface area contributed by atoms with Crippen molar-refractivity contribution in [3.05, 3.63) is 58.5 Å². The van der Waals surface area contributed by atoms with E-state index >= 15 is 0 Å². The van der Waals surface area contributed by atoms with E-state index in [4.69, 9.17) is 15.2 Å². The molecule has 1 aliphatic heterocycles. The lowest BCUT2D eigenvalue weighted by molar-refractivity contribution is 0.0993. The molecule has 33 heavy (non-hydrogen) atoms. The maximum atomic E-state index is 13.0. The summed E-state index contributed by atoms with van der Waals surface area (Å²) in [6.45, 7) is 6.78. The molecule has 0 bridgehead atoms. The van der Waals surface area contributed by atoms with Gasteiger partial charge in [0.2, 0.25) is 0 Å². The van der Waals surface area contributed by atoms with Crippen molar-refractivity contribution in [2.75, 3.05) is 44.4 Å². The minimum Gasteiger partial charge on any atom is -0.494 e. The number of morpholine rings is 1. The summed E-state index contributed by atoms with van der Waals surface area (Å²) in [5.74, 6) is 0.475. The van der Waals surface area contributed by atoms with Gasteiger partial charge in [-0.15, -0.1) is 11.3 Å². The monoisotopic (exact) mass is 467 g/mol. The molecule has 1 aromatic carbocycles. The van der Waals surface area contributed by atoms with Crippen LogP contribution in [0.5, 0.6) is 5.75 Å². The Hall–Kier alpha value is -3.01. The van der Waals surface area contributed by atoms with E-state index in [1.54, 1.807) is 6.20 Å². The van der Waals surface area contributed by atoms with Crippen LogP contribution in [0.4, 0.5) is 5.69 Å². The summed E-state index contributed by atoms with van der Waals surface area (Å²) in [5.41, 5.74) is 9.10. The first-order valence-corrected chi connectivity index (χ1v) is 12.1. The zero-order valence-electron chi connectivity index (χ0n) is 18.8. The van der Waals surface area contributed by atoms with Gasteiger partial charge in [0.25, 0.3) is 5.91 Å². The molecule has 0 spiro atoms. The Morgan fingerprint density at radius 1 is 1.24 bits per heavy atom. The number of hydrogen-bond donors (Lipinski definition) is 1. The van der Waals surface area contributed by atoms with Crippen molar-refractivity contribution >= 4 is 22.9 Å². The number of rotatable bonds is 8. The lowest BCUT2D eigenvalue weighted by Crippen LogP contribution is -2.36. The first-order chi connectivity index (χ1) is 16.2. The number of benzene rings is 1. The van der Waals surface area contributed by atoms with Crippen molar-refractivity contribution in [3.8, 4) is 17.0 Å². The molecule has 3 heterocycles. The summed E-state index contributed by atoms with van der Waals surface area (Å²) in [6, 6.07) is 11.7. The van der Waals surface area contributed by atoms with Crippen molar-refractivity contribution in [1.29, 1.82) is 0 Å². The zero-order valence-corrected chi connectivity index (χ0v) is 19.6. The van der Waals surface area contributed by atoms with Gasteiger partial charge < -0.3 is 24.7 Å². The third-order valence-corrected chi connectivity index (χ3v) is 6.24. The van der Waals surface area contributed by atoms with Crippen LogP contribution < -0.4 is 20.2 Å². The van der Waals surface area contributed by atoms with Crippen LogP contribution in [0.15, 0.2) is 53.0 Å². The Kier molecular flexibility index (Phi) is 7.87. The average Bonchev–Trinajstić information content (AvgIpc) is 3.26. The molecule has 2 aromatic heterocycles. The molecule has 0 saturated carbocycles. The lowest BCUT2D eigenvalue weighted by atomic mass is 10.1. The number of thiazole rings is 1. The van der Waals surface area contributed by atoms with E-state index < -0.39 is 0 Å². The number of anilines is 1. The molecular weight excluding hydrogens is 438 g/mol. The molecule has 1 saturated heterocycles. The maximum absolute atomic E-state index is 13.0. The second-order valence-electron chi connectivity index (χ2n) is 7.57. The molecule has 4 rings (SSSR count). The van der Waals surface area contributed by atoms with E-state index in [0.717, 1.165) is 42.2 Å². The summed E-state index contributed by atoms with van der Waals surface area (Å²) >= 11 is 1.44. The third-order valence-electron chi connectivity index (χ3n) is 5.38. The summed E-state index contributed by atoms with van der Waals surface area (Å²) in [6.07, 6.45) is 2.45. The van der Waals surface area contributed by atoms with Gasteiger partial charge in [-0.1, -0.05) is 0 Å². The van der Waals surface area contributed by atoms with Gasteiger partial charge in [0.1, 0.15) is 11.4 Å². The van der Waals surface area contributed by atoms with Crippen LogP contribution in [-0.4, -0.2) is 54.9 Å². The van der Waals surface area contributed by atoms with Crippen LogP contribution >= 0.6 is 11.3 Å². The number of nitrogens with two attached hydrogens (primary N) is 1. The van der Waals surface area contributed by atoms with Gasteiger partial charge in [-0.2, -0.15) is 4.99 Å². The molecule has 1 fully saturated rings. The van der Waals surface area contributed by atoms with Crippen LogP contribution in [0.3, 0.4) is 0 Å². The molecule has 8 nitrogen and oxygen atoms in total. The van der Waals surface area contributed by atoms with Crippen LogP contribution in [0.25, 0.3) is 11.3 Å². The predicted molar refractivity (Wildman–Crippen MR) is 130 cm³/mol. The summed E-state index contributed by atoms with van der Waals surface area (Å²) in [7, 11) is 0. The molecule has 0 atom stereocenters. The number of pyridine rings is 1. The molecule has 0 radical (unpaired) electrons. The number of nitrogens with zero attached hydrogens (tertiary/aromatic N) is 4. The van der Waals surface area contributed by atoms with E-state index in [1.165, 1.54) is 11.3 Å². The van der Waals surface area contributed by atoms with E-state index in [0.29, 0.717) is 43.4 Å². The SMILES string of the molecule is CCOc1ccc(-c2csc(=NC(=O)c3cc(N4CCOCC4)ccn3)n2CCCN)cc1. The van der Waals surface area contributed by atoms with E-state index in [1.807, 2.05) is 48.7 Å².